The van der Waals surface area contributed by atoms with Crippen LogP contribution in [0.4, 0.5) is 13.2 Å². The van der Waals surface area contributed by atoms with Gasteiger partial charge in [0.05, 0.1) is 5.56 Å². The van der Waals surface area contributed by atoms with Gasteiger partial charge in [0.15, 0.2) is 5.16 Å². The molecule has 1 aromatic heterocycles. The van der Waals surface area contributed by atoms with Gasteiger partial charge in [-0.05, 0) is 41.0 Å². The molecule has 0 spiro atoms. The second-order valence-electron chi connectivity index (χ2n) is 3.61. The molecule has 0 atom stereocenters. The summed E-state index contributed by atoms with van der Waals surface area (Å²) in [6, 6.07) is 6.50. The first-order valence-electron chi connectivity index (χ1n) is 5.33. The number of hydrogen-bond acceptors (Lipinski definition) is 4. The summed E-state index contributed by atoms with van der Waals surface area (Å²) in [5.41, 5.74) is -0.834. The Bertz CT molecular complexity index is 622. The van der Waals surface area contributed by atoms with Crippen molar-refractivity contribution in [3.05, 3.63) is 39.6 Å². The number of aromatic nitrogens is 2. The van der Waals surface area contributed by atoms with Gasteiger partial charge in [0.25, 0.3) is 0 Å². The highest BCUT2D eigenvalue weighted by atomic mass is 127. The Hall–Kier alpha value is -1.03. The van der Waals surface area contributed by atoms with Gasteiger partial charge >= 0.3 is 6.18 Å². The average Bonchev–Trinajstić information content (AvgIpc) is 2.37. The quantitative estimate of drug-likeness (QED) is 0.319. The summed E-state index contributed by atoms with van der Waals surface area (Å²) in [5, 5.41) is 0.441. The van der Waals surface area contributed by atoms with Gasteiger partial charge in [-0.15, -0.1) is 0 Å². The third kappa shape index (κ3) is 3.75. The maximum Gasteiger partial charge on any atom is 0.419 e. The number of rotatable bonds is 3. The predicted octanol–water partition coefficient (Wildman–Crippen LogP) is 4.61. The Kier molecular flexibility index (Phi) is 4.74. The summed E-state index contributed by atoms with van der Waals surface area (Å²) in [4.78, 5) is 8.13. The Morgan fingerprint density at radius 2 is 1.90 bits per heavy atom. The minimum Gasteiger partial charge on any atom is -0.438 e. The zero-order valence-corrected chi connectivity index (χ0v) is 13.1. The Morgan fingerprint density at radius 1 is 1.20 bits per heavy atom. The van der Waals surface area contributed by atoms with Crippen LogP contribution in [0.25, 0.3) is 0 Å². The van der Waals surface area contributed by atoms with E-state index in [1.54, 1.807) is 6.26 Å². The van der Waals surface area contributed by atoms with Crippen LogP contribution in [-0.4, -0.2) is 16.2 Å². The Morgan fingerprint density at radius 3 is 2.55 bits per heavy atom. The topological polar surface area (TPSA) is 35.0 Å². The summed E-state index contributed by atoms with van der Waals surface area (Å²) in [6.45, 7) is 0. The second kappa shape index (κ2) is 6.17. The van der Waals surface area contributed by atoms with E-state index in [0.717, 1.165) is 6.07 Å². The summed E-state index contributed by atoms with van der Waals surface area (Å²) < 4.78 is 44.4. The highest BCUT2D eigenvalue weighted by molar-refractivity contribution is 14.1. The van der Waals surface area contributed by atoms with E-state index in [2.05, 4.69) is 9.97 Å². The highest BCUT2D eigenvalue weighted by Crippen LogP contribution is 2.37. The van der Waals surface area contributed by atoms with Crippen LogP contribution in [0.5, 0.6) is 11.6 Å². The summed E-state index contributed by atoms with van der Waals surface area (Å²) in [5.74, 6) is -0.188. The number of nitrogens with zero attached hydrogens (tertiary/aromatic N) is 2. The minimum absolute atomic E-state index is 0.0884. The molecular formula is C12H8F3IN2OS. The lowest BCUT2D eigenvalue weighted by Crippen LogP contribution is -2.07. The standard InChI is InChI=1S/C12H8F3IN2OS/c1-20-11-17-9(16)6-10(18-11)19-8-5-3-2-4-7(8)12(13,14)15/h2-6H,1H3. The number of para-hydroxylation sites is 1. The van der Waals surface area contributed by atoms with Crippen LogP contribution in [-0.2, 0) is 6.18 Å². The van der Waals surface area contributed by atoms with Gasteiger partial charge in [-0.3, -0.25) is 0 Å². The minimum atomic E-state index is -4.47. The van der Waals surface area contributed by atoms with Crippen LogP contribution >= 0.6 is 34.4 Å². The molecule has 106 valence electrons. The Labute approximate surface area is 131 Å². The molecule has 0 fully saturated rings. The van der Waals surface area contributed by atoms with Crippen molar-refractivity contribution in [1.29, 1.82) is 0 Å². The predicted molar refractivity (Wildman–Crippen MR) is 78.0 cm³/mol. The van der Waals surface area contributed by atoms with Gasteiger partial charge in [-0.2, -0.15) is 18.2 Å². The monoisotopic (exact) mass is 412 g/mol. The zero-order chi connectivity index (χ0) is 14.8. The van der Waals surface area contributed by atoms with Crippen molar-refractivity contribution in [3.63, 3.8) is 0 Å². The van der Waals surface area contributed by atoms with E-state index in [1.165, 1.54) is 36.0 Å². The number of thioether (sulfide) groups is 1. The van der Waals surface area contributed by atoms with Crippen molar-refractivity contribution in [2.75, 3.05) is 6.26 Å². The SMILES string of the molecule is CSc1nc(I)cc(Oc2ccccc2C(F)(F)F)n1. The summed E-state index contributed by atoms with van der Waals surface area (Å²) in [7, 11) is 0. The van der Waals surface area contributed by atoms with Crippen molar-refractivity contribution in [2.24, 2.45) is 0 Å². The molecular weight excluding hydrogens is 404 g/mol. The third-order valence-corrected chi connectivity index (χ3v) is 3.34. The van der Waals surface area contributed by atoms with E-state index in [0.29, 0.717) is 8.86 Å². The third-order valence-electron chi connectivity index (χ3n) is 2.24. The van der Waals surface area contributed by atoms with Crippen LogP contribution in [0, 0.1) is 3.70 Å². The van der Waals surface area contributed by atoms with E-state index in [9.17, 15) is 13.2 Å². The van der Waals surface area contributed by atoms with Crippen LogP contribution in [0.3, 0.4) is 0 Å². The van der Waals surface area contributed by atoms with Crippen LogP contribution in [0.1, 0.15) is 5.56 Å². The first-order valence-corrected chi connectivity index (χ1v) is 7.63. The van der Waals surface area contributed by atoms with Crippen molar-refractivity contribution < 1.29 is 17.9 Å². The maximum absolute atomic E-state index is 12.9. The van der Waals surface area contributed by atoms with E-state index >= 15 is 0 Å². The van der Waals surface area contributed by atoms with Gasteiger partial charge in [0.2, 0.25) is 5.88 Å². The first-order chi connectivity index (χ1) is 9.40. The van der Waals surface area contributed by atoms with Crippen molar-refractivity contribution in [3.8, 4) is 11.6 Å². The molecule has 3 nitrogen and oxygen atoms in total. The molecule has 2 aromatic rings. The molecule has 0 saturated heterocycles. The molecule has 0 bridgehead atoms. The van der Waals surface area contributed by atoms with Crippen molar-refractivity contribution in [2.45, 2.75) is 11.3 Å². The highest BCUT2D eigenvalue weighted by Gasteiger charge is 2.34. The zero-order valence-electron chi connectivity index (χ0n) is 10.1. The van der Waals surface area contributed by atoms with E-state index in [4.69, 9.17) is 4.74 Å². The second-order valence-corrected chi connectivity index (χ2v) is 5.49. The van der Waals surface area contributed by atoms with E-state index < -0.39 is 11.7 Å². The molecule has 2 rings (SSSR count). The van der Waals surface area contributed by atoms with Crippen molar-refractivity contribution in [1.82, 2.24) is 9.97 Å². The molecule has 8 heteroatoms. The lowest BCUT2D eigenvalue weighted by atomic mass is 10.2. The molecule has 0 unspecified atom stereocenters. The molecule has 0 amide bonds. The van der Waals surface area contributed by atoms with E-state index in [-0.39, 0.29) is 11.6 Å². The smallest absolute Gasteiger partial charge is 0.419 e. The molecule has 0 N–H and O–H groups in total. The Balaban J connectivity index is 2.38. The van der Waals surface area contributed by atoms with Crippen LogP contribution in [0.2, 0.25) is 0 Å². The normalized spacial score (nSPS) is 11.4. The number of benzene rings is 1. The van der Waals surface area contributed by atoms with Crippen LogP contribution < -0.4 is 4.74 Å². The number of alkyl halides is 3. The summed E-state index contributed by atoms with van der Waals surface area (Å²) in [6.07, 6.45) is -2.70. The largest absolute Gasteiger partial charge is 0.438 e. The van der Waals surface area contributed by atoms with Gasteiger partial charge < -0.3 is 4.74 Å². The number of halogens is 4. The van der Waals surface area contributed by atoms with Gasteiger partial charge in [0, 0.05) is 6.07 Å². The molecule has 20 heavy (non-hydrogen) atoms. The lowest BCUT2D eigenvalue weighted by Gasteiger charge is -2.13. The molecule has 0 saturated carbocycles. The fourth-order valence-electron chi connectivity index (χ4n) is 1.42. The molecule has 0 radical (unpaired) electrons. The molecule has 0 aliphatic heterocycles. The molecule has 0 aliphatic carbocycles. The molecule has 0 aliphatic rings. The summed E-state index contributed by atoms with van der Waals surface area (Å²) >= 11 is 3.24. The van der Waals surface area contributed by atoms with Crippen LogP contribution in [0.15, 0.2) is 35.5 Å². The van der Waals surface area contributed by atoms with Gasteiger partial charge in [0.1, 0.15) is 9.45 Å². The number of hydrogen-bond donors (Lipinski definition) is 0. The molecule has 1 heterocycles. The van der Waals surface area contributed by atoms with Crippen molar-refractivity contribution >= 4 is 34.4 Å². The average molecular weight is 412 g/mol. The van der Waals surface area contributed by atoms with E-state index in [1.807, 2.05) is 22.6 Å². The molecule has 1 aromatic carbocycles. The fourth-order valence-corrected chi connectivity index (χ4v) is 2.45. The fraction of sp³-hybridized carbons (Fsp3) is 0.167. The first kappa shape index (κ1) is 15.4. The van der Waals surface area contributed by atoms with Gasteiger partial charge in [-0.25, -0.2) is 4.98 Å². The maximum atomic E-state index is 12.9. The van der Waals surface area contributed by atoms with Gasteiger partial charge in [-0.1, -0.05) is 23.9 Å². The number of ether oxygens (including phenoxy) is 1. The lowest BCUT2D eigenvalue weighted by molar-refractivity contribution is -0.138.